The molecule has 4 rings (SSSR count). The molecule has 3 heterocycles. The molecule has 2 aromatic heterocycles. The molecule has 0 amide bonds. The quantitative estimate of drug-likeness (QED) is 0.676. The fourth-order valence-electron chi connectivity index (χ4n) is 3.27. The fraction of sp³-hybridized carbons (Fsp3) is 0.333. The molecule has 1 unspecified atom stereocenters. The summed E-state index contributed by atoms with van der Waals surface area (Å²) in [5.74, 6) is 1.18. The highest BCUT2D eigenvalue weighted by Crippen LogP contribution is 2.28. The first-order chi connectivity index (χ1) is 13.4. The minimum absolute atomic E-state index is 0.0353. The Morgan fingerprint density at radius 2 is 1.82 bits per heavy atom. The molecule has 0 aliphatic carbocycles. The van der Waals surface area contributed by atoms with Crippen LogP contribution in [0.1, 0.15) is 18.9 Å². The maximum atomic E-state index is 11.4. The van der Waals surface area contributed by atoms with E-state index in [2.05, 4.69) is 26.9 Å². The van der Waals surface area contributed by atoms with Gasteiger partial charge in [0.05, 0.1) is 15.8 Å². The van der Waals surface area contributed by atoms with Crippen molar-refractivity contribution < 1.29 is 12.8 Å². The van der Waals surface area contributed by atoms with Crippen LogP contribution in [0.4, 0.5) is 5.69 Å². The molecule has 0 radical (unpaired) electrons. The molecule has 1 aromatic carbocycles. The number of benzene rings is 1. The number of nitrogens with two attached hydrogens (primary N) is 1. The van der Waals surface area contributed by atoms with Crippen LogP contribution in [0, 0.1) is 0 Å². The molecule has 0 bridgehead atoms. The normalized spacial score (nSPS) is 17.0. The summed E-state index contributed by atoms with van der Waals surface area (Å²) in [6.45, 7) is 5.40. The molecule has 0 spiro atoms. The summed E-state index contributed by atoms with van der Waals surface area (Å²) in [5, 5.41) is 15.5. The van der Waals surface area contributed by atoms with Crippen molar-refractivity contribution in [2.75, 3.05) is 31.1 Å². The van der Waals surface area contributed by atoms with Crippen LogP contribution in [0.25, 0.3) is 10.8 Å². The van der Waals surface area contributed by atoms with E-state index in [9.17, 15) is 8.42 Å². The minimum atomic E-state index is -3.66. The molecule has 10 heteroatoms. The highest BCUT2D eigenvalue weighted by atomic mass is 32.2. The molecular formula is C18H21N5O3S2. The number of hydrogen-bond acceptors (Lipinski definition) is 8. The highest BCUT2D eigenvalue weighted by molar-refractivity contribution is 7.89. The fourth-order valence-corrected chi connectivity index (χ4v) is 4.43. The van der Waals surface area contributed by atoms with Crippen molar-refractivity contribution in [1.29, 1.82) is 0 Å². The van der Waals surface area contributed by atoms with Crippen LogP contribution < -0.4 is 10.0 Å². The summed E-state index contributed by atoms with van der Waals surface area (Å²) in [6, 6.07) is 10.6. The second-order valence-electron chi connectivity index (χ2n) is 6.66. The van der Waals surface area contributed by atoms with Crippen molar-refractivity contribution in [1.82, 2.24) is 15.1 Å². The van der Waals surface area contributed by atoms with Gasteiger partial charge in [0.2, 0.25) is 15.9 Å². The Bertz CT molecular complexity index is 1020. The number of sulfonamides is 1. The molecule has 1 fully saturated rings. The van der Waals surface area contributed by atoms with Crippen LogP contribution in [0.3, 0.4) is 0 Å². The molecule has 3 aromatic rings. The SMILES string of the molecule is CC(c1nnc(-c2cccs2)o1)N1CCN(c2ccc(S(N)(=O)=O)cc2)CC1. The number of thiophene rings is 1. The maximum absolute atomic E-state index is 11.4. The number of piperazine rings is 1. The lowest BCUT2D eigenvalue weighted by Crippen LogP contribution is -2.47. The van der Waals surface area contributed by atoms with E-state index in [1.807, 2.05) is 17.5 Å². The lowest BCUT2D eigenvalue weighted by Gasteiger charge is -2.38. The molecule has 1 saturated heterocycles. The second kappa shape index (κ2) is 7.63. The molecule has 1 aliphatic rings. The van der Waals surface area contributed by atoms with Gasteiger partial charge in [0, 0.05) is 31.9 Å². The maximum Gasteiger partial charge on any atom is 0.257 e. The first-order valence-electron chi connectivity index (χ1n) is 8.91. The topological polar surface area (TPSA) is 106 Å². The number of anilines is 1. The van der Waals surface area contributed by atoms with Crippen LogP contribution in [0.5, 0.6) is 0 Å². The smallest absolute Gasteiger partial charge is 0.257 e. The Labute approximate surface area is 167 Å². The predicted molar refractivity (Wildman–Crippen MR) is 108 cm³/mol. The molecule has 8 nitrogen and oxygen atoms in total. The number of aromatic nitrogens is 2. The van der Waals surface area contributed by atoms with E-state index in [1.54, 1.807) is 35.6 Å². The molecule has 0 saturated carbocycles. The van der Waals surface area contributed by atoms with Crippen LogP contribution in [0.2, 0.25) is 0 Å². The van der Waals surface area contributed by atoms with Gasteiger partial charge in [0.1, 0.15) is 0 Å². The van der Waals surface area contributed by atoms with Gasteiger partial charge >= 0.3 is 0 Å². The lowest BCUT2D eigenvalue weighted by atomic mass is 10.2. The van der Waals surface area contributed by atoms with E-state index in [0.717, 1.165) is 36.7 Å². The summed E-state index contributed by atoms with van der Waals surface area (Å²) in [6.07, 6.45) is 0. The van der Waals surface area contributed by atoms with E-state index < -0.39 is 10.0 Å². The van der Waals surface area contributed by atoms with Crippen LogP contribution in [-0.4, -0.2) is 49.7 Å². The van der Waals surface area contributed by atoms with Crippen molar-refractivity contribution in [2.24, 2.45) is 5.14 Å². The summed E-state index contributed by atoms with van der Waals surface area (Å²) in [4.78, 5) is 5.63. The van der Waals surface area contributed by atoms with Gasteiger partial charge in [-0.15, -0.1) is 21.5 Å². The molecule has 148 valence electrons. The van der Waals surface area contributed by atoms with E-state index in [0.29, 0.717) is 11.8 Å². The Kier molecular flexibility index (Phi) is 5.19. The zero-order valence-corrected chi connectivity index (χ0v) is 17.0. The highest BCUT2D eigenvalue weighted by Gasteiger charge is 2.26. The molecule has 28 heavy (non-hydrogen) atoms. The summed E-state index contributed by atoms with van der Waals surface area (Å²) < 4.78 is 28.6. The van der Waals surface area contributed by atoms with Crippen molar-refractivity contribution in [3.05, 3.63) is 47.7 Å². The van der Waals surface area contributed by atoms with Gasteiger partial charge < -0.3 is 9.32 Å². The summed E-state index contributed by atoms with van der Waals surface area (Å²) in [7, 11) is -3.66. The summed E-state index contributed by atoms with van der Waals surface area (Å²) in [5.41, 5.74) is 0.984. The van der Waals surface area contributed by atoms with Gasteiger partial charge in [-0.1, -0.05) is 6.07 Å². The van der Waals surface area contributed by atoms with Crippen LogP contribution in [-0.2, 0) is 10.0 Å². The van der Waals surface area contributed by atoms with Crippen LogP contribution in [0.15, 0.2) is 51.1 Å². The van der Waals surface area contributed by atoms with Crippen molar-refractivity contribution >= 4 is 27.0 Å². The summed E-state index contributed by atoms with van der Waals surface area (Å²) >= 11 is 1.57. The zero-order chi connectivity index (χ0) is 19.7. The van der Waals surface area contributed by atoms with Gasteiger partial charge in [0.15, 0.2) is 0 Å². The minimum Gasteiger partial charge on any atom is -0.418 e. The van der Waals surface area contributed by atoms with Gasteiger partial charge in [0.25, 0.3) is 5.89 Å². The van der Waals surface area contributed by atoms with Crippen molar-refractivity contribution in [3.63, 3.8) is 0 Å². The number of primary sulfonamides is 1. The van der Waals surface area contributed by atoms with Gasteiger partial charge in [-0.2, -0.15) is 0 Å². The first kappa shape index (κ1) is 19.1. The largest absolute Gasteiger partial charge is 0.418 e. The Morgan fingerprint density at radius 3 is 2.43 bits per heavy atom. The van der Waals surface area contributed by atoms with Crippen LogP contribution >= 0.6 is 11.3 Å². The number of rotatable bonds is 5. The lowest BCUT2D eigenvalue weighted by molar-refractivity contribution is 0.174. The van der Waals surface area contributed by atoms with Gasteiger partial charge in [-0.05, 0) is 42.6 Å². The third-order valence-electron chi connectivity index (χ3n) is 4.92. The average molecular weight is 420 g/mol. The third kappa shape index (κ3) is 3.95. The average Bonchev–Trinajstić information content (AvgIpc) is 3.38. The van der Waals surface area contributed by atoms with Gasteiger partial charge in [-0.25, -0.2) is 13.6 Å². The van der Waals surface area contributed by atoms with E-state index in [4.69, 9.17) is 9.56 Å². The molecule has 1 aliphatic heterocycles. The van der Waals surface area contributed by atoms with E-state index in [1.165, 1.54) is 0 Å². The standard InChI is InChI=1S/C18H21N5O3S2/c1-13(17-20-21-18(26-17)16-3-2-12-27-16)22-8-10-23(11-9-22)14-4-6-15(7-5-14)28(19,24)25/h2-7,12-13H,8-11H2,1H3,(H2,19,24,25). The molecular weight excluding hydrogens is 398 g/mol. The molecule has 2 N–H and O–H groups in total. The monoisotopic (exact) mass is 419 g/mol. The Balaban J connectivity index is 1.38. The number of hydrogen-bond donors (Lipinski definition) is 1. The van der Waals surface area contributed by atoms with Crippen molar-refractivity contribution in [3.8, 4) is 10.8 Å². The van der Waals surface area contributed by atoms with Gasteiger partial charge in [-0.3, -0.25) is 4.90 Å². The number of nitrogens with zero attached hydrogens (tertiary/aromatic N) is 4. The third-order valence-corrected chi connectivity index (χ3v) is 6.71. The predicted octanol–water partition coefficient (Wildman–Crippen LogP) is 2.33. The van der Waals surface area contributed by atoms with Crippen molar-refractivity contribution in [2.45, 2.75) is 17.9 Å². The van der Waals surface area contributed by atoms with E-state index in [-0.39, 0.29) is 10.9 Å². The molecule has 1 atom stereocenters. The second-order valence-corrected chi connectivity index (χ2v) is 9.17. The first-order valence-corrected chi connectivity index (χ1v) is 11.3. The Hall–Kier alpha value is -2.27. The Morgan fingerprint density at radius 1 is 1.11 bits per heavy atom. The zero-order valence-electron chi connectivity index (χ0n) is 15.4. The van der Waals surface area contributed by atoms with E-state index >= 15 is 0 Å².